The lowest BCUT2D eigenvalue weighted by Gasteiger charge is -1.77. The smallest absolute Gasteiger partial charge is 0.185 e. The molecule has 3 heteroatoms. The summed E-state index contributed by atoms with van der Waals surface area (Å²) < 4.78 is 0. The van der Waals surface area contributed by atoms with E-state index in [1.165, 1.54) is 7.05 Å². The number of hydrogen-bond donors (Lipinski definition) is 2. The van der Waals surface area contributed by atoms with Crippen LogP contribution < -0.4 is 11.5 Å². The molecule has 0 aliphatic rings. The van der Waals surface area contributed by atoms with Crippen molar-refractivity contribution in [2.45, 2.75) is 21.3 Å². The molecule has 0 radical (unpaired) electrons. The first kappa shape index (κ1) is 15.7. The minimum absolute atomic E-state index is 0. The van der Waals surface area contributed by atoms with Crippen LogP contribution in [0.15, 0.2) is 4.99 Å². The summed E-state index contributed by atoms with van der Waals surface area (Å²) in [5, 5.41) is 0. The number of guanidine groups is 1. The van der Waals surface area contributed by atoms with Crippen molar-refractivity contribution < 1.29 is 0 Å². The normalized spacial score (nSPS) is 4.88. The van der Waals surface area contributed by atoms with Crippen molar-refractivity contribution >= 4 is 5.96 Å². The Hall–Kier alpha value is -0.730. The van der Waals surface area contributed by atoms with E-state index in [4.69, 9.17) is 11.5 Å². The van der Waals surface area contributed by atoms with E-state index in [0.29, 0.717) is 0 Å². The molecule has 52 valence electrons. The minimum atomic E-state index is 0. The van der Waals surface area contributed by atoms with Gasteiger partial charge in [-0.3, -0.25) is 4.99 Å². The van der Waals surface area contributed by atoms with Gasteiger partial charge in [-0.2, -0.15) is 0 Å². The molecule has 8 heavy (non-hydrogen) atoms. The van der Waals surface area contributed by atoms with Gasteiger partial charge in [-0.15, -0.1) is 0 Å². The van der Waals surface area contributed by atoms with E-state index in [-0.39, 0.29) is 13.4 Å². The molecule has 0 bridgehead atoms. The van der Waals surface area contributed by atoms with Crippen molar-refractivity contribution in [1.29, 1.82) is 0 Å². The maximum absolute atomic E-state index is 4.82. The van der Waals surface area contributed by atoms with Gasteiger partial charge in [-0.25, -0.2) is 0 Å². The van der Waals surface area contributed by atoms with Crippen LogP contribution in [0.4, 0.5) is 0 Å². The predicted octanol–water partition coefficient (Wildman–Crippen LogP) is 0.552. The summed E-state index contributed by atoms with van der Waals surface area (Å²) in [6.07, 6.45) is 0. The number of nitrogens with zero attached hydrogens (tertiary/aromatic N) is 1. The first-order valence-electron chi connectivity index (χ1n) is 2.25. The lowest BCUT2D eigenvalue weighted by Crippen LogP contribution is -2.21. The summed E-state index contributed by atoms with van der Waals surface area (Å²) in [5.74, 6) is 0.130. The van der Waals surface area contributed by atoms with E-state index in [9.17, 15) is 0 Å². The SMILES string of the molecule is C.CC.CN=C(N)N. The fraction of sp³-hybridized carbons (Fsp3) is 0.800. The Morgan fingerprint density at radius 2 is 1.38 bits per heavy atom. The van der Waals surface area contributed by atoms with Gasteiger partial charge >= 0.3 is 0 Å². The maximum Gasteiger partial charge on any atom is 0.185 e. The Kier molecular flexibility index (Phi) is 31.9. The Morgan fingerprint density at radius 1 is 1.25 bits per heavy atom. The van der Waals surface area contributed by atoms with Gasteiger partial charge in [0.25, 0.3) is 0 Å². The van der Waals surface area contributed by atoms with E-state index < -0.39 is 0 Å². The van der Waals surface area contributed by atoms with Gasteiger partial charge in [-0.05, 0) is 0 Å². The van der Waals surface area contributed by atoms with Crippen LogP contribution in [0, 0.1) is 0 Å². The van der Waals surface area contributed by atoms with Crippen LogP contribution >= 0.6 is 0 Å². The molecule has 0 unspecified atom stereocenters. The summed E-state index contributed by atoms with van der Waals surface area (Å²) in [6.45, 7) is 4.00. The molecule has 0 aliphatic heterocycles. The molecule has 0 aliphatic carbocycles. The van der Waals surface area contributed by atoms with Crippen LogP contribution in [0.1, 0.15) is 21.3 Å². The molecule has 0 rings (SSSR count). The highest BCUT2D eigenvalue weighted by Gasteiger charge is 1.61. The Morgan fingerprint density at radius 3 is 1.38 bits per heavy atom. The molecule has 0 aromatic carbocycles. The molecule has 4 N–H and O–H groups in total. The van der Waals surface area contributed by atoms with Crippen LogP contribution in [0.25, 0.3) is 0 Å². The van der Waals surface area contributed by atoms with E-state index in [1.807, 2.05) is 13.8 Å². The number of rotatable bonds is 0. The molecule has 0 amide bonds. The molecule has 0 saturated heterocycles. The van der Waals surface area contributed by atoms with E-state index >= 15 is 0 Å². The monoisotopic (exact) mass is 119 g/mol. The number of aliphatic imine (C=N–C) groups is 1. The highest BCUT2D eigenvalue weighted by molar-refractivity contribution is 5.75. The minimum Gasteiger partial charge on any atom is -0.370 e. The van der Waals surface area contributed by atoms with Gasteiger partial charge < -0.3 is 11.5 Å². The fourth-order valence-electron chi connectivity index (χ4n) is 0. The molecule has 0 aromatic heterocycles. The van der Waals surface area contributed by atoms with Crippen molar-refractivity contribution in [3.05, 3.63) is 0 Å². The van der Waals surface area contributed by atoms with Crippen LogP contribution in [0.3, 0.4) is 0 Å². The van der Waals surface area contributed by atoms with Crippen molar-refractivity contribution in [3.8, 4) is 0 Å². The molecule has 0 saturated carbocycles. The number of hydrogen-bond acceptors (Lipinski definition) is 1. The molecule has 0 atom stereocenters. The summed E-state index contributed by atoms with van der Waals surface area (Å²) in [5.41, 5.74) is 9.64. The molecule has 0 aromatic rings. The standard InChI is InChI=1S/C2H7N3.C2H6.CH4/c1-5-2(3)4;1-2;/h1H3,(H4,3,4,5);1-2H3;1H4. The third-order valence-electron chi connectivity index (χ3n) is 0.258. The zero-order chi connectivity index (χ0) is 6.28. The average molecular weight is 119 g/mol. The second-order valence-electron chi connectivity index (χ2n) is 0.648. The second-order valence-corrected chi connectivity index (χ2v) is 0.648. The topological polar surface area (TPSA) is 64.4 Å². The van der Waals surface area contributed by atoms with Crippen molar-refractivity contribution in [2.24, 2.45) is 16.5 Å². The molecular weight excluding hydrogens is 102 g/mol. The Balaban J connectivity index is -0.0000000750. The van der Waals surface area contributed by atoms with Gasteiger partial charge in [0.15, 0.2) is 5.96 Å². The summed E-state index contributed by atoms with van der Waals surface area (Å²) in [7, 11) is 1.54. The van der Waals surface area contributed by atoms with Crippen LogP contribution in [0.5, 0.6) is 0 Å². The van der Waals surface area contributed by atoms with Gasteiger partial charge in [0.1, 0.15) is 0 Å². The van der Waals surface area contributed by atoms with E-state index in [2.05, 4.69) is 4.99 Å². The highest BCUT2D eigenvalue weighted by Crippen LogP contribution is 1.40. The molecule has 0 spiro atoms. The third-order valence-corrected chi connectivity index (χ3v) is 0.258. The third kappa shape index (κ3) is 59.6. The Bertz CT molecular complexity index is 45.6. The largest absolute Gasteiger partial charge is 0.370 e. The summed E-state index contributed by atoms with van der Waals surface area (Å²) in [4.78, 5) is 3.36. The maximum atomic E-state index is 4.82. The van der Waals surface area contributed by atoms with Crippen molar-refractivity contribution in [3.63, 3.8) is 0 Å². The summed E-state index contributed by atoms with van der Waals surface area (Å²) >= 11 is 0. The lowest BCUT2D eigenvalue weighted by atomic mass is 11.0. The second kappa shape index (κ2) is 16.3. The van der Waals surface area contributed by atoms with Gasteiger partial charge in [0, 0.05) is 7.05 Å². The van der Waals surface area contributed by atoms with Gasteiger partial charge in [0.05, 0.1) is 0 Å². The van der Waals surface area contributed by atoms with E-state index in [1.54, 1.807) is 0 Å². The highest BCUT2D eigenvalue weighted by atomic mass is 15.0. The molecular formula is C5H17N3. The van der Waals surface area contributed by atoms with Crippen LogP contribution in [-0.4, -0.2) is 13.0 Å². The zero-order valence-corrected chi connectivity index (χ0v) is 5.10. The van der Waals surface area contributed by atoms with Gasteiger partial charge in [-0.1, -0.05) is 21.3 Å². The number of nitrogens with two attached hydrogens (primary N) is 2. The van der Waals surface area contributed by atoms with Crippen LogP contribution in [0.2, 0.25) is 0 Å². The molecule has 3 nitrogen and oxygen atoms in total. The molecule has 0 heterocycles. The Labute approximate surface area is 51.8 Å². The van der Waals surface area contributed by atoms with Crippen LogP contribution in [-0.2, 0) is 0 Å². The first-order chi connectivity index (χ1) is 3.27. The zero-order valence-electron chi connectivity index (χ0n) is 5.10. The first-order valence-corrected chi connectivity index (χ1v) is 2.25. The predicted molar refractivity (Wildman–Crippen MR) is 39.8 cm³/mol. The van der Waals surface area contributed by atoms with Gasteiger partial charge in [0.2, 0.25) is 0 Å². The molecule has 0 fully saturated rings. The quantitative estimate of drug-likeness (QED) is 0.361. The summed E-state index contributed by atoms with van der Waals surface area (Å²) in [6, 6.07) is 0. The van der Waals surface area contributed by atoms with Crippen molar-refractivity contribution in [1.82, 2.24) is 0 Å². The van der Waals surface area contributed by atoms with E-state index in [0.717, 1.165) is 0 Å². The lowest BCUT2D eigenvalue weighted by molar-refractivity contribution is 1.36. The average Bonchev–Trinajstić information content (AvgIpc) is 1.73. The van der Waals surface area contributed by atoms with Crippen molar-refractivity contribution in [2.75, 3.05) is 7.05 Å². The fourth-order valence-corrected chi connectivity index (χ4v) is 0.